The number of carbonyl (C=O) groups is 1. The first-order valence-corrected chi connectivity index (χ1v) is 7.45. The van der Waals surface area contributed by atoms with Crippen LogP contribution in [0.1, 0.15) is 32.6 Å². The normalized spacial score (nSPS) is 10.3. The number of amides is 1. The Balaban J connectivity index is 2.35. The van der Waals surface area contributed by atoms with E-state index in [-0.39, 0.29) is 19.1 Å². The minimum atomic E-state index is 0.0187. The third-order valence-electron chi connectivity index (χ3n) is 3.22. The molecule has 0 bridgehead atoms. The molecule has 0 aromatic heterocycles. The molecule has 0 aliphatic carbocycles. The molecule has 0 atom stereocenters. The van der Waals surface area contributed by atoms with Crippen molar-refractivity contribution in [1.29, 1.82) is 0 Å². The van der Waals surface area contributed by atoms with Crippen LogP contribution in [0.3, 0.4) is 0 Å². The van der Waals surface area contributed by atoms with Gasteiger partial charge in [-0.15, -0.1) is 0 Å². The molecular weight excluding hydrogens is 252 g/mol. The van der Waals surface area contributed by atoms with Crippen molar-refractivity contribution in [3.05, 3.63) is 30.3 Å². The number of carbonyl (C=O) groups excluding carboxylic acids is 1. The summed E-state index contributed by atoms with van der Waals surface area (Å²) in [6.45, 7) is 3.61. The summed E-state index contributed by atoms with van der Waals surface area (Å²) in [6, 6.07) is 9.68. The Morgan fingerprint density at radius 3 is 2.55 bits per heavy atom. The molecule has 0 radical (unpaired) electrons. The van der Waals surface area contributed by atoms with Crippen molar-refractivity contribution in [2.24, 2.45) is 0 Å². The largest absolute Gasteiger partial charge is 0.395 e. The van der Waals surface area contributed by atoms with Crippen LogP contribution in [0, 0.1) is 0 Å². The van der Waals surface area contributed by atoms with E-state index in [9.17, 15) is 4.79 Å². The number of unbranched alkanes of at least 4 members (excludes halogenated alkanes) is 3. The third kappa shape index (κ3) is 6.57. The van der Waals surface area contributed by atoms with E-state index < -0.39 is 0 Å². The quantitative estimate of drug-likeness (QED) is 0.647. The molecule has 0 saturated heterocycles. The third-order valence-corrected chi connectivity index (χ3v) is 3.22. The summed E-state index contributed by atoms with van der Waals surface area (Å²) in [4.78, 5) is 13.9. The van der Waals surface area contributed by atoms with E-state index in [2.05, 4.69) is 12.2 Å². The second-order valence-electron chi connectivity index (χ2n) is 4.88. The maximum absolute atomic E-state index is 12.1. The zero-order valence-corrected chi connectivity index (χ0v) is 12.3. The maximum atomic E-state index is 12.1. The first-order chi connectivity index (χ1) is 9.77. The Bertz CT molecular complexity index is 368. The molecule has 0 saturated carbocycles. The average molecular weight is 278 g/mol. The van der Waals surface area contributed by atoms with Crippen LogP contribution in [0.25, 0.3) is 0 Å². The summed E-state index contributed by atoms with van der Waals surface area (Å²) >= 11 is 0. The summed E-state index contributed by atoms with van der Waals surface area (Å²) in [6.07, 6.45) is 4.52. The van der Waals surface area contributed by atoms with Gasteiger partial charge in [0, 0.05) is 18.8 Å². The van der Waals surface area contributed by atoms with Gasteiger partial charge in [-0.1, -0.05) is 44.4 Å². The van der Waals surface area contributed by atoms with E-state index in [1.807, 2.05) is 30.3 Å². The molecule has 4 heteroatoms. The van der Waals surface area contributed by atoms with Gasteiger partial charge >= 0.3 is 0 Å². The van der Waals surface area contributed by atoms with Crippen LogP contribution in [0.4, 0.5) is 5.69 Å². The van der Waals surface area contributed by atoms with Gasteiger partial charge in [-0.05, 0) is 18.6 Å². The lowest BCUT2D eigenvalue weighted by Gasteiger charge is -2.22. The molecule has 0 aliphatic rings. The molecule has 1 amide bonds. The van der Waals surface area contributed by atoms with Gasteiger partial charge in [0.25, 0.3) is 0 Å². The predicted molar refractivity (Wildman–Crippen MR) is 82.7 cm³/mol. The molecule has 1 rings (SSSR count). The number of anilines is 1. The molecule has 1 aromatic rings. The monoisotopic (exact) mass is 278 g/mol. The van der Waals surface area contributed by atoms with Crippen molar-refractivity contribution in [3.63, 3.8) is 0 Å². The molecule has 2 N–H and O–H groups in total. The SMILES string of the molecule is CCCCCCN(CCO)C(=O)CNc1ccccc1. The van der Waals surface area contributed by atoms with Crippen molar-refractivity contribution < 1.29 is 9.90 Å². The van der Waals surface area contributed by atoms with Crippen molar-refractivity contribution >= 4 is 11.6 Å². The minimum absolute atomic E-state index is 0.0187. The maximum Gasteiger partial charge on any atom is 0.241 e. The number of hydrogen-bond acceptors (Lipinski definition) is 3. The lowest BCUT2D eigenvalue weighted by atomic mass is 10.2. The van der Waals surface area contributed by atoms with Gasteiger partial charge in [0.15, 0.2) is 0 Å². The molecule has 20 heavy (non-hydrogen) atoms. The van der Waals surface area contributed by atoms with Gasteiger partial charge in [0.2, 0.25) is 5.91 Å². The predicted octanol–water partition coefficient (Wildman–Crippen LogP) is 2.50. The summed E-state index contributed by atoms with van der Waals surface area (Å²) in [5.41, 5.74) is 0.941. The zero-order valence-electron chi connectivity index (χ0n) is 12.3. The summed E-state index contributed by atoms with van der Waals surface area (Å²) in [5, 5.41) is 12.2. The molecule has 1 aromatic carbocycles. The summed E-state index contributed by atoms with van der Waals surface area (Å²) in [7, 11) is 0. The van der Waals surface area contributed by atoms with E-state index in [1.54, 1.807) is 4.90 Å². The van der Waals surface area contributed by atoms with Crippen molar-refractivity contribution in [1.82, 2.24) is 4.90 Å². The first-order valence-electron chi connectivity index (χ1n) is 7.45. The number of aliphatic hydroxyl groups is 1. The van der Waals surface area contributed by atoms with Gasteiger partial charge in [0.05, 0.1) is 13.2 Å². The fraction of sp³-hybridized carbons (Fsp3) is 0.562. The van der Waals surface area contributed by atoms with E-state index >= 15 is 0 Å². The van der Waals surface area contributed by atoms with Crippen molar-refractivity contribution in [2.75, 3.05) is 31.6 Å². The lowest BCUT2D eigenvalue weighted by Crippen LogP contribution is -2.38. The van der Waals surface area contributed by atoms with Gasteiger partial charge in [-0.2, -0.15) is 0 Å². The van der Waals surface area contributed by atoms with E-state index in [4.69, 9.17) is 5.11 Å². The number of aliphatic hydroxyl groups excluding tert-OH is 1. The molecule has 0 aliphatic heterocycles. The number of nitrogens with zero attached hydrogens (tertiary/aromatic N) is 1. The molecule has 112 valence electrons. The number of para-hydroxylation sites is 1. The van der Waals surface area contributed by atoms with Crippen LogP contribution in [-0.2, 0) is 4.79 Å². The Kier molecular flexibility index (Phi) is 8.47. The Labute approximate surface area is 121 Å². The molecule has 0 fully saturated rings. The van der Waals surface area contributed by atoms with Crippen LogP contribution >= 0.6 is 0 Å². The smallest absolute Gasteiger partial charge is 0.241 e. The number of nitrogens with one attached hydrogen (secondary N) is 1. The highest BCUT2D eigenvalue weighted by molar-refractivity contribution is 5.80. The summed E-state index contributed by atoms with van der Waals surface area (Å²) < 4.78 is 0. The number of benzene rings is 1. The van der Waals surface area contributed by atoms with E-state index in [1.165, 1.54) is 12.8 Å². The second kappa shape index (κ2) is 10.3. The number of rotatable bonds is 10. The van der Waals surface area contributed by atoms with Crippen LogP contribution in [-0.4, -0.2) is 42.2 Å². The van der Waals surface area contributed by atoms with Gasteiger partial charge < -0.3 is 15.3 Å². The topological polar surface area (TPSA) is 52.6 Å². The molecular formula is C16H26N2O2. The van der Waals surface area contributed by atoms with Crippen LogP contribution < -0.4 is 5.32 Å². The minimum Gasteiger partial charge on any atom is -0.395 e. The number of hydrogen-bond donors (Lipinski definition) is 2. The van der Waals surface area contributed by atoms with Crippen molar-refractivity contribution in [2.45, 2.75) is 32.6 Å². The van der Waals surface area contributed by atoms with Crippen LogP contribution in [0.15, 0.2) is 30.3 Å². The van der Waals surface area contributed by atoms with E-state index in [0.29, 0.717) is 6.54 Å². The molecule has 0 unspecified atom stereocenters. The molecule has 4 nitrogen and oxygen atoms in total. The van der Waals surface area contributed by atoms with Gasteiger partial charge in [0.1, 0.15) is 0 Å². The zero-order chi connectivity index (χ0) is 14.6. The fourth-order valence-electron chi connectivity index (χ4n) is 2.06. The second-order valence-corrected chi connectivity index (χ2v) is 4.88. The summed E-state index contributed by atoms with van der Waals surface area (Å²) in [5.74, 6) is 0.0411. The highest BCUT2D eigenvalue weighted by Crippen LogP contribution is 2.05. The highest BCUT2D eigenvalue weighted by atomic mass is 16.3. The molecule has 0 spiro atoms. The lowest BCUT2D eigenvalue weighted by molar-refractivity contribution is -0.129. The first kappa shape index (κ1) is 16.5. The molecule has 0 heterocycles. The van der Waals surface area contributed by atoms with Crippen molar-refractivity contribution in [3.8, 4) is 0 Å². The fourth-order valence-corrected chi connectivity index (χ4v) is 2.06. The average Bonchev–Trinajstić information content (AvgIpc) is 2.49. The Morgan fingerprint density at radius 1 is 1.15 bits per heavy atom. The Hall–Kier alpha value is -1.55. The standard InChI is InChI=1S/C16H26N2O2/c1-2-3-4-8-11-18(12-13-19)16(20)14-17-15-9-6-5-7-10-15/h5-7,9-10,17,19H,2-4,8,11-14H2,1H3. The van der Waals surface area contributed by atoms with E-state index in [0.717, 1.165) is 25.1 Å². The van der Waals surface area contributed by atoms with Crippen LogP contribution in [0.5, 0.6) is 0 Å². The van der Waals surface area contributed by atoms with Gasteiger partial charge in [-0.25, -0.2) is 0 Å². The van der Waals surface area contributed by atoms with Gasteiger partial charge in [-0.3, -0.25) is 4.79 Å². The van der Waals surface area contributed by atoms with Crippen LogP contribution in [0.2, 0.25) is 0 Å². The highest BCUT2D eigenvalue weighted by Gasteiger charge is 2.12. The Morgan fingerprint density at radius 2 is 1.90 bits per heavy atom.